The molecule has 10 heteroatoms. The van der Waals surface area contributed by atoms with Gasteiger partial charge in [0.15, 0.2) is 6.10 Å². The smallest absolute Gasteiger partial charge is 0.462 e. The zero-order valence-corrected chi connectivity index (χ0v) is 33.8. The minimum atomic E-state index is -4.77. The zero-order valence-electron chi connectivity index (χ0n) is 32.9. The van der Waals surface area contributed by atoms with Gasteiger partial charge in [-0.25, -0.2) is 4.57 Å². The lowest BCUT2D eigenvalue weighted by Crippen LogP contribution is -2.29. The Labute approximate surface area is 317 Å². The van der Waals surface area contributed by atoms with Crippen LogP contribution in [0.4, 0.5) is 0 Å². The van der Waals surface area contributed by atoms with Crippen LogP contribution < -0.4 is 0 Å². The maximum absolute atomic E-state index is 12.4. The first-order valence-electron chi connectivity index (χ1n) is 20.9. The fourth-order valence-electron chi connectivity index (χ4n) is 6.05. The van der Waals surface area contributed by atoms with Crippen LogP contribution in [0, 0.1) is 0 Å². The monoisotopic (exact) mass is 755 g/mol. The van der Waals surface area contributed by atoms with Crippen LogP contribution in [-0.4, -0.2) is 53.3 Å². The first-order chi connectivity index (χ1) is 25.2. The molecule has 0 spiro atoms. The third kappa shape index (κ3) is 32.8. The number of phosphoric acid groups is 1. The van der Waals surface area contributed by atoms with Crippen molar-refractivity contribution in [2.24, 2.45) is 0 Å². The molecule has 1 aliphatic heterocycles. The number of hydrogen-bond acceptors (Lipinski definition) is 7. The van der Waals surface area contributed by atoms with Gasteiger partial charge in [0.2, 0.25) is 0 Å². The molecule has 0 bridgehead atoms. The first kappa shape index (κ1) is 48.2. The van der Waals surface area contributed by atoms with E-state index < -0.39 is 32.5 Å². The van der Waals surface area contributed by atoms with Gasteiger partial charge in [0, 0.05) is 12.8 Å². The fraction of sp³-hybridized carbons (Fsp3) is 0.810. The lowest BCUT2D eigenvalue weighted by Gasteiger charge is -2.18. The number of unbranched alkanes of at least 4 members (excludes halogenated alkanes) is 19. The summed E-state index contributed by atoms with van der Waals surface area (Å²) >= 11 is 0. The lowest BCUT2D eigenvalue weighted by atomic mass is 10.0. The molecule has 1 heterocycles. The van der Waals surface area contributed by atoms with Gasteiger partial charge in [-0.3, -0.25) is 14.1 Å². The Morgan fingerprint density at radius 2 is 1.06 bits per heavy atom. The number of rotatable bonds is 37. The van der Waals surface area contributed by atoms with Crippen molar-refractivity contribution in [1.29, 1.82) is 0 Å². The molecule has 0 saturated carbocycles. The van der Waals surface area contributed by atoms with E-state index in [4.69, 9.17) is 24.0 Å². The first-order valence-corrected chi connectivity index (χ1v) is 22.4. The molecule has 0 radical (unpaired) electrons. The second kappa shape index (κ2) is 33.8. The normalized spacial score (nSPS) is 16.7. The Balaban J connectivity index is 2.11. The van der Waals surface area contributed by atoms with E-state index in [-0.39, 0.29) is 31.7 Å². The number of allylic oxidation sites excluding steroid dienone is 4. The molecule has 0 aliphatic carbocycles. The van der Waals surface area contributed by atoms with E-state index in [1.54, 1.807) is 0 Å². The molecule has 1 rings (SSSR count). The van der Waals surface area contributed by atoms with Crippen LogP contribution in [0.2, 0.25) is 0 Å². The largest absolute Gasteiger partial charge is 0.469 e. The van der Waals surface area contributed by atoms with Crippen LogP contribution in [0.15, 0.2) is 36.5 Å². The van der Waals surface area contributed by atoms with Crippen molar-refractivity contribution < 1.29 is 42.7 Å². The van der Waals surface area contributed by atoms with Crippen molar-refractivity contribution in [1.82, 2.24) is 0 Å². The Hall–Kier alpha value is -1.77. The molecule has 0 aromatic carbocycles. The number of ether oxygens (including phenoxy) is 3. The number of epoxide rings is 1. The molecule has 1 saturated heterocycles. The zero-order chi connectivity index (χ0) is 38.0. The molecule has 1 aliphatic rings. The van der Waals surface area contributed by atoms with Crippen LogP contribution in [-0.2, 0) is 32.9 Å². The Morgan fingerprint density at radius 1 is 0.596 bits per heavy atom. The van der Waals surface area contributed by atoms with Crippen LogP contribution in [0.25, 0.3) is 0 Å². The van der Waals surface area contributed by atoms with E-state index in [0.717, 1.165) is 44.9 Å². The summed E-state index contributed by atoms with van der Waals surface area (Å²) in [5.74, 6) is -0.953. The van der Waals surface area contributed by atoms with Crippen LogP contribution in [0.1, 0.15) is 187 Å². The van der Waals surface area contributed by atoms with E-state index >= 15 is 0 Å². The molecule has 2 unspecified atom stereocenters. The van der Waals surface area contributed by atoms with Crippen molar-refractivity contribution >= 4 is 19.8 Å². The van der Waals surface area contributed by atoms with Crippen molar-refractivity contribution in [3.05, 3.63) is 36.5 Å². The summed E-state index contributed by atoms with van der Waals surface area (Å²) in [5.41, 5.74) is 0. The summed E-state index contributed by atoms with van der Waals surface area (Å²) in [6.45, 7) is 3.61. The molecule has 0 aromatic rings. The average Bonchev–Trinajstić information content (AvgIpc) is 3.87. The highest BCUT2D eigenvalue weighted by Crippen LogP contribution is 2.36. The summed E-state index contributed by atoms with van der Waals surface area (Å²) in [6, 6.07) is 0. The van der Waals surface area contributed by atoms with Gasteiger partial charge in [0.05, 0.1) is 18.8 Å². The topological polar surface area (TPSA) is 132 Å². The third-order valence-electron chi connectivity index (χ3n) is 9.31. The highest BCUT2D eigenvalue weighted by molar-refractivity contribution is 7.46. The highest BCUT2D eigenvalue weighted by atomic mass is 31.2. The molecule has 52 heavy (non-hydrogen) atoms. The van der Waals surface area contributed by atoms with Gasteiger partial charge in [0.1, 0.15) is 6.61 Å². The van der Waals surface area contributed by atoms with Gasteiger partial charge in [-0.05, 0) is 51.4 Å². The molecule has 302 valence electrons. The molecule has 2 N–H and O–H groups in total. The van der Waals surface area contributed by atoms with Crippen LogP contribution in [0.3, 0.4) is 0 Å². The highest BCUT2D eigenvalue weighted by Gasteiger charge is 2.36. The van der Waals surface area contributed by atoms with Crippen molar-refractivity contribution in [3.63, 3.8) is 0 Å². The Bertz CT molecular complexity index is 1010. The van der Waals surface area contributed by atoms with E-state index in [1.165, 1.54) is 103 Å². The predicted octanol–water partition coefficient (Wildman–Crippen LogP) is 11.6. The summed E-state index contributed by atoms with van der Waals surface area (Å²) in [6.07, 6.45) is 41.8. The molecular formula is C42H75O9P. The molecule has 3 atom stereocenters. The van der Waals surface area contributed by atoms with E-state index in [2.05, 4.69) is 48.8 Å². The SMILES string of the molecule is CCCCC/C=C\C/C=C\CC1OC1C/C=C\CCCC(=O)O[C@H](COC(=O)CCCCCCCCCCCCCCCCCC)COP(=O)(O)O. The summed E-state index contributed by atoms with van der Waals surface area (Å²) in [5, 5.41) is 0. The second-order valence-electron chi connectivity index (χ2n) is 14.4. The fourth-order valence-corrected chi connectivity index (χ4v) is 6.41. The van der Waals surface area contributed by atoms with Crippen molar-refractivity contribution in [2.45, 2.75) is 206 Å². The molecule has 1 fully saturated rings. The van der Waals surface area contributed by atoms with Gasteiger partial charge in [0.25, 0.3) is 0 Å². The van der Waals surface area contributed by atoms with Gasteiger partial charge in [-0.15, -0.1) is 0 Å². The summed E-state index contributed by atoms with van der Waals surface area (Å²) in [7, 11) is -4.77. The number of carbonyl (C=O) groups is 2. The quantitative estimate of drug-likeness (QED) is 0.0209. The van der Waals surface area contributed by atoms with Crippen LogP contribution in [0.5, 0.6) is 0 Å². The van der Waals surface area contributed by atoms with Gasteiger partial charge in [-0.2, -0.15) is 0 Å². The maximum atomic E-state index is 12.4. The van der Waals surface area contributed by atoms with E-state index in [9.17, 15) is 14.2 Å². The Kier molecular flexibility index (Phi) is 31.3. The molecule has 0 aromatic heterocycles. The number of esters is 2. The van der Waals surface area contributed by atoms with Gasteiger partial charge >= 0.3 is 19.8 Å². The minimum Gasteiger partial charge on any atom is -0.462 e. The summed E-state index contributed by atoms with van der Waals surface area (Å²) in [4.78, 5) is 42.9. The van der Waals surface area contributed by atoms with E-state index in [1.807, 2.05) is 6.08 Å². The number of carbonyl (C=O) groups excluding carboxylic acids is 2. The Morgan fingerprint density at radius 3 is 1.63 bits per heavy atom. The molecular weight excluding hydrogens is 679 g/mol. The number of phosphoric ester groups is 1. The van der Waals surface area contributed by atoms with Gasteiger partial charge < -0.3 is 24.0 Å². The predicted molar refractivity (Wildman–Crippen MR) is 211 cm³/mol. The minimum absolute atomic E-state index is 0.129. The molecule has 9 nitrogen and oxygen atoms in total. The third-order valence-corrected chi connectivity index (χ3v) is 9.80. The maximum Gasteiger partial charge on any atom is 0.469 e. The summed E-state index contributed by atoms with van der Waals surface area (Å²) < 4.78 is 32.1. The molecule has 0 amide bonds. The standard InChI is InChI=1S/C42H75O9P/c1-3-5-7-9-11-13-14-15-16-17-18-19-21-23-25-30-34-41(43)48-36-38(37-49-52(45,46)47)50-42(44)35-31-27-26-29-33-40-39(51-40)32-28-24-22-20-12-10-8-6-4-2/h12,20,24,26,28-29,38-40H,3-11,13-19,21-23,25,27,30-37H2,1-2H3,(H2,45,46,47)/b20-12-,28-24-,29-26-/t38-,39?,40?/m1/s1. The van der Waals surface area contributed by atoms with Crippen LogP contribution >= 0.6 is 7.82 Å². The van der Waals surface area contributed by atoms with Crippen molar-refractivity contribution in [3.8, 4) is 0 Å². The van der Waals surface area contributed by atoms with E-state index in [0.29, 0.717) is 12.8 Å². The van der Waals surface area contributed by atoms with Gasteiger partial charge in [-0.1, -0.05) is 159 Å². The number of hydrogen-bond donors (Lipinski definition) is 2. The second-order valence-corrected chi connectivity index (χ2v) is 15.6. The lowest BCUT2D eigenvalue weighted by molar-refractivity contribution is -0.161. The van der Waals surface area contributed by atoms with Crippen molar-refractivity contribution in [2.75, 3.05) is 13.2 Å². The average molecular weight is 755 g/mol.